The summed E-state index contributed by atoms with van der Waals surface area (Å²) in [5.74, 6) is -0.621. The molecule has 0 bridgehead atoms. The number of hydrogen-bond acceptors (Lipinski definition) is 3. The molecule has 31 heavy (non-hydrogen) atoms. The van der Waals surface area contributed by atoms with Crippen LogP contribution >= 0.6 is 11.6 Å². The highest BCUT2D eigenvalue weighted by Crippen LogP contribution is 2.34. The Kier molecular flexibility index (Phi) is 5.73. The molecule has 160 valence electrons. The zero-order chi connectivity index (χ0) is 22.2. The first-order chi connectivity index (χ1) is 14.8. The van der Waals surface area contributed by atoms with E-state index in [4.69, 9.17) is 11.6 Å². The Balaban J connectivity index is 1.56. The normalized spacial score (nSPS) is 13.2. The molecule has 0 atom stereocenters. The molecule has 1 aliphatic heterocycles. The molecule has 1 aliphatic rings. The minimum Gasteiger partial charge on any atom is -0.337 e. The van der Waals surface area contributed by atoms with Gasteiger partial charge in [0.2, 0.25) is 0 Å². The first-order valence-corrected chi connectivity index (χ1v) is 11.5. The second kappa shape index (κ2) is 8.32. The molecule has 5 nitrogen and oxygen atoms in total. The second-order valence-corrected chi connectivity index (χ2v) is 9.68. The highest BCUT2D eigenvalue weighted by Gasteiger charge is 2.31. The van der Waals surface area contributed by atoms with Gasteiger partial charge < -0.3 is 4.90 Å². The van der Waals surface area contributed by atoms with E-state index in [1.54, 1.807) is 55.6 Å². The maximum atomic E-state index is 13.9. The van der Waals surface area contributed by atoms with Gasteiger partial charge >= 0.3 is 0 Å². The summed E-state index contributed by atoms with van der Waals surface area (Å²) in [6, 6.07) is 17.3. The monoisotopic (exact) mass is 458 g/mol. The smallest absolute Gasteiger partial charge is 0.264 e. The van der Waals surface area contributed by atoms with Crippen molar-refractivity contribution in [3.05, 3.63) is 94.3 Å². The molecule has 0 aromatic heterocycles. The van der Waals surface area contributed by atoms with E-state index in [9.17, 15) is 17.6 Å². The molecule has 3 aromatic rings. The van der Waals surface area contributed by atoms with Gasteiger partial charge in [0.05, 0.1) is 10.6 Å². The van der Waals surface area contributed by atoms with Crippen LogP contribution in [0, 0.1) is 5.82 Å². The Morgan fingerprint density at radius 2 is 1.81 bits per heavy atom. The molecule has 0 saturated heterocycles. The van der Waals surface area contributed by atoms with Crippen molar-refractivity contribution in [1.82, 2.24) is 4.90 Å². The minimum absolute atomic E-state index is 0.139. The van der Waals surface area contributed by atoms with Gasteiger partial charge in [0, 0.05) is 36.3 Å². The predicted octanol–water partition coefficient (Wildman–Crippen LogP) is 4.50. The van der Waals surface area contributed by atoms with E-state index in [0.29, 0.717) is 34.8 Å². The summed E-state index contributed by atoms with van der Waals surface area (Å²) >= 11 is 5.87. The third kappa shape index (κ3) is 4.16. The van der Waals surface area contributed by atoms with Crippen LogP contribution < -0.4 is 4.31 Å². The number of sulfonamides is 1. The lowest BCUT2D eigenvalue weighted by Crippen LogP contribution is -2.29. The van der Waals surface area contributed by atoms with E-state index in [1.807, 2.05) is 0 Å². The van der Waals surface area contributed by atoms with E-state index in [2.05, 4.69) is 0 Å². The Labute approximate surface area is 185 Å². The molecule has 8 heteroatoms. The number of fused-ring (bicyclic) bond motifs is 1. The quantitative estimate of drug-likeness (QED) is 0.565. The fraction of sp³-hybridized carbons (Fsp3) is 0.174. The molecule has 0 fully saturated rings. The summed E-state index contributed by atoms with van der Waals surface area (Å²) in [7, 11) is -2.12. The van der Waals surface area contributed by atoms with Crippen LogP contribution in [0.3, 0.4) is 0 Å². The molecule has 0 unspecified atom stereocenters. The van der Waals surface area contributed by atoms with Crippen molar-refractivity contribution in [1.29, 1.82) is 0 Å². The summed E-state index contributed by atoms with van der Waals surface area (Å²) < 4.78 is 41.3. The molecular formula is C23H20ClFN2O3S. The van der Waals surface area contributed by atoms with Crippen LogP contribution in [0.15, 0.2) is 71.6 Å². The number of anilines is 1. The lowest BCUT2D eigenvalue weighted by Gasteiger charge is -2.21. The van der Waals surface area contributed by atoms with Crippen molar-refractivity contribution in [2.45, 2.75) is 17.9 Å². The van der Waals surface area contributed by atoms with E-state index in [1.165, 1.54) is 27.4 Å². The average molecular weight is 459 g/mol. The number of rotatable bonds is 5. The Morgan fingerprint density at radius 1 is 1.10 bits per heavy atom. The van der Waals surface area contributed by atoms with Crippen molar-refractivity contribution >= 4 is 33.2 Å². The number of amides is 1. The highest BCUT2D eigenvalue weighted by molar-refractivity contribution is 7.92. The van der Waals surface area contributed by atoms with Crippen LogP contribution in [0.25, 0.3) is 0 Å². The Bertz CT molecular complexity index is 1250. The molecule has 1 heterocycles. The third-order valence-electron chi connectivity index (χ3n) is 5.29. The maximum Gasteiger partial charge on any atom is 0.264 e. The van der Waals surface area contributed by atoms with Gasteiger partial charge in [0.25, 0.3) is 15.9 Å². The predicted molar refractivity (Wildman–Crippen MR) is 118 cm³/mol. The van der Waals surface area contributed by atoms with Crippen LogP contribution in [-0.2, 0) is 23.0 Å². The number of carbonyl (C=O) groups is 1. The van der Waals surface area contributed by atoms with Crippen molar-refractivity contribution in [2.24, 2.45) is 0 Å². The highest BCUT2D eigenvalue weighted by atomic mass is 35.5. The zero-order valence-electron chi connectivity index (χ0n) is 16.8. The Morgan fingerprint density at radius 3 is 2.52 bits per heavy atom. The van der Waals surface area contributed by atoms with Crippen LogP contribution in [0.2, 0.25) is 5.02 Å². The molecule has 0 radical (unpaired) electrons. The molecule has 4 rings (SSSR count). The summed E-state index contributed by atoms with van der Waals surface area (Å²) in [5.41, 5.74) is 2.20. The fourth-order valence-electron chi connectivity index (χ4n) is 3.66. The topological polar surface area (TPSA) is 57.7 Å². The van der Waals surface area contributed by atoms with Crippen molar-refractivity contribution < 1.29 is 17.6 Å². The van der Waals surface area contributed by atoms with Crippen LogP contribution in [0.1, 0.15) is 21.5 Å². The van der Waals surface area contributed by atoms with Gasteiger partial charge in [-0.3, -0.25) is 9.10 Å². The summed E-state index contributed by atoms with van der Waals surface area (Å²) in [6.07, 6.45) is 0.500. The lowest BCUT2D eigenvalue weighted by molar-refractivity contribution is 0.0784. The minimum atomic E-state index is -3.73. The van der Waals surface area contributed by atoms with Gasteiger partial charge in [-0.2, -0.15) is 0 Å². The van der Waals surface area contributed by atoms with E-state index < -0.39 is 10.0 Å². The SMILES string of the molecule is CN(Cc1ccccc1F)C(=O)c1ccc2c(c1)CCN2S(=O)(=O)c1ccc(Cl)cc1. The van der Waals surface area contributed by atoms with E-state index in [0.717, 1.165) is 5.56 Å². The van der Waals surface area contributed by atoms with E-state index in [-0.39, 0.29) is 23.2 Å². The van der Waals surface area contributed by atoms with Crippen LogP contribution in [0.5, 0.6) is 0 Å². The number of hydrogen-bond donors (Lipinski definition) is 0. The number of halogens is 2. The summed E-state index contributed by atoms with van der Waals surface area (Å²) in [5, 5.41) is 0.462. The molecular weight excluding hydrogens is 439 g/mol. The molecule has 3 aromatic carbocycles. The fourth-order valence-corrected chi connectivity index (χ4v) is 5.29. The maximum absolute atomic E-state index is 13.9. The van der Waals surface area contributed by atoms with Gasteiger partial charge in [-0.1, -0.05) is 29.8 Å². The van der Waals surface area contributed by atoms with Crippen LogP contribution in [0.4, 0.5) is 10.1 Å². The third-order valence-corrected chi connectivity index (χ3v) is 7.37. The first-order valence-electron chi connectivity index (χ1n) is 9.67. The van der Waals surface area contributed by atoms with Gasteiger partial charge in [-0.15, -0.1) is 0 Å². The van der Waals surface area contributed by atoms with Crippen LogP contribution in [-0.4, -0.2) is 32.8 Å². The second-order valence-electron chi connectivity index (χ2n) is 7.38. The van der Waals surface area contributed by atoms with E-state index >= 15 is 0 Å². The summed E-state index contributed by atoms with van der Waals surface area (Å²) in [4.78, 5) is 14.5. The molecule has 0 aliphatic carbocycles. The number of carbonyl (C=O) groups excluding carboxylic acids is 1. The van der Waals surface area contributed by atoms with Gasteiger partial charge in [0.1, 0.15) is 5.82 Å². The van der Waals surface area contributed by atoms with Gasteiger partial charge in [-0.25, -0.2) is 12.8 Å². The first kappa shape index (κ1) is 21.3. The average Bonchev–Trinajstić information content (AvgIpc) is 3.19. The van der Waals surface area contributed by atoms with Gasteiger partial charge in [0.15, 0.2) is 0 Å². The number of nitrogens with zero attached hydrogens (tertiary/aromatic N) is 2. The zero-order valence-corrected chi connectivity index (χ0v) is 18.3. The van der Waals surface area contributed by atoms with Crippen molar-refractivity contribution in [2.75, 3.05) is 17.9 Å². The van der Waals surface area contributed by atoms with Crippen molar-refractivity contribution in [3.63, 3.8) is 0 Å². The Hall–Kier alpha value is -2.90. The van der Waals surface area contributed by atoms with Crippen molar-refractivity contribution in [3.8, 4) is 0 Å². The van der Waals surface area contributed by atoms with Gasteiger partial charge in [-0.05, 0) is 60.5 Å². The molecule has 0 saturated carbocycles. The molecule has 0 spiro atoms. The standard InChI is InChI=1S/C23H20ClFN2O3S/c1-26(15-18-4-2-3-5-21(18)25)23(28)17-6-11-22-16(14-17)12-13-27(22)31(29,30)20-9-7-19(24)8-10-20/h2-11,14H,12-13,15H2,1H3. The molecule has 0 N–H and O–H groups in total. The molecule has 1 amide bonds. The lowest BCUT2D eigenvalue weighted by atomic mass is 10.1. The largest absolute Gasteiger partial charge is 0.337 e. The summed E-state index contributed by atoms with van der Waals surface area (Å²) in [6.45, 7) is 0.433. The number of benzene rings is 3.